The van der Waals surface area contributed by atoms with Gasteiger partial charge in [-0.15, -0.1) is 0 Å². The number of hydrogen-bond acceptors (Lipinski definition) is 8. The highest BCUT2D eigenvalue weighted by Crippen LogP contribution is 2.35. The van der Waals surface area contributed by atoms with Gasteiger partial charge in [0.1, 0.15) is 24.6 Å². The van der Waals surface area contributed by atoms with Crippen molar-refractivity contribution in [2.24, 2.45) is 0 Å². The van der Waals surface area contributed by atoms with Gasteiger partial charge in [-0.25, -0.2) is 0 Å². The first kappa shape index (κ1) is 26.3. The third kappa shape index (κ3) is 6.03. The van der Waals surface area contributed by atoms with Gasteiger partial charge in [-0.2, -0.15) is 4.37 Å². The summed E-state index contributed by atoms with van der Waals surface area (Å²) in [7, 11) is 0. The largest absolute Gasteiger partial charge is 0.486 e. The molecule has 2 aliphatic carbocycles. The Kier molecular flexibility index (Phi) is 8.31. The lowest BCUT2D eigenvalue weighted by atomic mass is 9.95. The average molecular weight is 542 g/mol. The van der Waals surface area contributed by atoms with Crippen molar-refractivity contribution in [3.8, 4) is 11.5 Å². The molecular weight excluding hydrogens is 506 g/mol. The molecule has 0 radical (unpaired) electrons. The average Bonchev–Trinajstić information content (AvgIpc) is 3.33. The number of ether oxygens (including phenoxy) is 2. The molecule has 0 unspecified atom stereocenters. The van der Waals surface area contributed by atoms with E-state index in [4.69, 9.17) is 15.2 Å². The number of fused-ring (bicyclic) bond motifs is 1. The number of amides is 3. The van der Waals surface area contributed by atoms with Gasteiger partial charge in [-0.3, -0.25) is 19.3 Å². The Labute approximate surface area is 226 Å². The number of rotatable bonds is 7. The van der Waals surface area contributed by atoms with Crippen molar-refractivity contribution >= 4 is 40.6 Å². The predicted octanol–water partition coefficient (Wildman–Crippen LogP) is 3.65. The molecule has 3 amide bonds. The highest BCUT2D eigenvalue weighted by atomic mass is 32.1. The third-order valence-corrected chi connectivity index (χ3v) is 8.28. The number of anilines is 2. The Morgan fingerprint density at radius 3 is 2.24 bits per heavy atom. The number of nitrogens with one attached hydrogen (secondary N) is 2. The molecule has 2 fully saturated rings. The van der Waals surface area contributed by atoms with Crippen LogP contribution in [0.15, 0.2) is 18.2 Å². The van der Waals surface area contributed by atoms with Crippen LogP contribution >= 0.6 is 11.5 Å². The number of carbonyl (C=O) groups is 3. The Balaban J connectivity index is 1.37. The molecule has 11 heteroatoms. The summed E-state index contributed by atoms with van der Waals surface area (Å²) in [5.41, 5.74) is 6.87. The Hall–Kier alpha value is -3.34. The zero-order valence-electron chi connectivity index (χ0n) is 21.5. The van der Waals surface area contributed by atoms with E-state index < -0.39 is 5.91 Å². The number of nitrogen functional groups attached to an aromatic ring is 1. The van der Waals surface area contributed by atoms with Gasteiger partial charge in [0.2, 0.25) is 5.91 Å². The van der Waals surface area contributed by atoms with Crippen LogP contribution in [0.2, 0.25) is 0 Å². The van der Waals surface area contributed by atoms with E-state index in [2.05, 4.69) is 15.0 Å². The van der Waals surface area contributed by atoms with Crippen LogP contribution in [-0.4, -0.2) is 53.9 Å². The summed E-state index contributed by atoms with van der Waals surface area (Å²) < 4.78 is 15.6. The predicted molar refractivity (Wildman–Crippen MR) is 145 cm³/mol. The summed E-state index contributed by atoms with van der Waals surface area (Å²) in [5.74, 6) is -0.0293. The lowest BCUT2D eigenvalue weighted by Crippen LogP contribution is -2.45. The first-order valence-corrected chi connectivity index (χ1v) is 14.3. The summed E-state index contributed by atoms with van der Waals surface area (Å²) in [6.07, 6.45) is 10.4. The van der Waals surface area contributed by atoms with Gasteiger partial charge >= 0.3 is 0 Å². The van der Waals surface area contributed by atoms with Gasteiger partial charge in [-0.1, -0.05) is 38.5 Å². The van der Waals surface area contributed by atoms with Crippen LogP contribution < -0.4 is 30.7 Å². The van der Waals surface area contributed by atoms with Gasteiger partial charge in [-0.05, 0) is 49.3 Å². The first-order valence-electron chi connectivity index (χ1n) is 13.6. The number of nitrogens with zero attached hydrogens (tertiary/aromatic N) is 2. The van der Waals surface area contributed by atoms with E-state index in [1.807, 2.05) is 0 Å². The summed E-state index contributed by atoms with van der Waals surface area (Å²) in [4.78, 5) is 41.3. The molecule has 4 N–H and O–H groups in total. The van der Waals surface area contributed by atoms with Crippen molar-refractivity contribution in [1.29, 1.82) is 0 Å². The number of aromatic nitrogens is 1. The SMILES string of the molecule is Nc1c(C(=O)NC2CCCCC2)nsc1C(=O)N(CC(=O)NC1CCCCC1)c1ccc2c(c1)OCCO2. The molecular formula is C27H35N5O5S. The van der Waals surface area contributed by atoms with Crippen LogP contribution in [0.25, 0.3) is 0 Å². The summed E-state index contributed by atoms with van der Waals surface area (Å²) in [6.45, 7) is 0.644. The maximum Gasteiger partial charge on any atom is 0.273 e. The molecule has 5 rings (SSSR count). The minimum absolute atomic E-state index is 0.0311. The highest BCUT2D eigenvalue weighted by Gasteiger charge is 2.30. The van der Waals surface area contributed by atoms with Crippen LogP contribution in [0.5, 0.6) is 11.5 Å². The second-order valence-corrected chi connectivity index (χ2v) is 11.0. The molecule has 1 aromatic heterocycles. The second-order valence-electron chi connectivity index (χ2n) is 10.2. The van der Waals surface area contributed by atoms with Gasteiger partial charge in [0.05, 0.1) is 5.69 Å². The molecule has 0 spiro atoms. The summed E-state index contributed by atoms with van der Waals surface area (Å²) in [5, 5.41) is 6.08. The topological polar surface area (TPSA) is 136 Å². The first-order chi connectivity index (χ1) is 18.5. The molecule has 38 heavy (non-hydrogen) atoms. The molecule has 0 saturated heterocycles. The summed E-state index contributed by atoms with van der Waals surface area (Å²) >= 11 is 0.874. The number of nitrogens with two attached hydrogens (primary N) is 1. The molecule has 1 aliphatic heterocycles. The summed E-state index contributed by atoms with van der Waals surface area (Å²) in [6, 6.07) is 5.33. The van der Waals surface area contributed by atoms with E-state index in [1.165, 1.54) is 17.7 Å². The fraction of sp³-hybridized carbons (Fsp3) is 0.556. The lowest BCUT2D eigenvalue weighted by molar-refractivity contribution is -0.120. The normalized spacial score (nSPS) is 18.0. The van der Waals surface area contributed by atoms with Crippen LogP contribution in [0.4, 0.5) is 11.4 Å². The molecule has 0 bridgehead atoms. The van der Waals surface area contributed by atoms with E-state index >= 15 is 0 Å². The van der Waals surface area contributed by atoms with Gasteiger partial charge in [0.25, 0.3) is 11.8 Å². The maximum atomic E-state index is 13.8. The van der Waals surface area contributed by atoms with Crippen LogP contribution in [0.3, 0.4) is 0 Å². The standard InChI is InChI=1S/C27H35N5O5S/c28-23-24(26(34)30-18-9-5-2-6-10-18)31-38-25(23)27(35)32(16-22(33)29-17-7-3-1-4-8-17)19-11-12-20-21(15-19)37-14-13-36-20/h11-12,15,17-18H,1-10,13-14,16,28H2,(H,29,33)(H,30,34). The third-order valence-electron chi connectivity index (χ3n) is 7.43. The van der Waals surface area contributed by atoms with E-state index in [-0.39, 0.29) is 46.7 Å². The van der Waals surface area contributed by atoms with Gasteiger partial charge in [0, 0.05) is 23.8 Å². The monoisotopic (exact) mass is 541 g/mol. The van der Waals surface area contributed by atoms with Crippen LogP contribution in [0.1, 0.15) is 84.4 Å². The number of carbonyl (C=O) groups excluding carboxylic acids is 3. The Bertz CT molecular complexity index is 1170. The smallest absolute Gasteiger partial charge is 0.273 e. The molecule has 2 heterocycles. The zero-order chi connectivity index (χ0) is 26.5. The van der Waals surface area contributed by atoms with Gasteiger partial charge < -0.3 is 25.8 Å². The van der Waals surface area contributed by atoms with Crippen molar-refractivity contribution in [2.45, 2.75) is 76.3 Å². The molecule has 2 saturated carbocycles. The van der Waals surface area contributed by atoms with Crippen molar-refractivity contribution in [1.82, 2.24) is 15.0 Å². The molecule has 1 aromatic carbocycles. The fourth-order valence-electron chi connectivity index (χ4n) is 5.38. The Morgan fingerprint density at radius 1 is 0.921 bits per heavy atom. The number of benzene rings is 1. The van der Waals surface area contributed by atoms with E-state index in [0.29, 0.717) is 30.4 Å². The van der Waals surface area contributed by atoms with Crippen molar-refractivity contribution in [3.05, 3.63) is 28.8 Å². The zero-order valence-corrected chi connectivity index (χ0v) is 22.3. The fourth-order valence-corrected chi connectivity index (χ4v) is 6.13. The van der Waals surface area contributed by atoms with Crippen molar-refractivity contribution in [3.63, 3.8) is 0 Å². The quantitative estimate of drug-likeness (QED) is 0.487. The molecule has 0 atom stereocenters. The van der Waals surface area contributed by atoms with E-state index in [9.17, 15) is 14.4 Å². The van der Waals surface area contributed by atoms with Crippen LogP contribution in [-0.2, 0) is 4.79 Å². The Morgan fingerprint density at radius 2 is 1.55 bits per heavy atom. The lowest BCUT2D eigenvalue weighted by Gasteiger charge is -2.27. The van der Waals surface area contributed by atoms with Crippen LogP contribution in [0, 0.1) is 0 Å². The van der Waals surface area contributed by atoms with Crippen molar-refractivity contribution in [2.75, 3.05) is 30.4 Å². The molecule has 10 nitrogen and oxygen atoms in total. The van der Waals surface area contributed by atoms with Gasteiger partial charge in [0.15, 0.2) is 17.2 Å². The molecule has 3 aliphatic rings. The minimum atomic E-state index is -0.493. The second kappa shape index (κ2) is 12.0. The number of hydrogen-bond donors (Lipinski definition) is 3. The molecule has 204 valence electrons. The minimum Gasteiger partial charge on any atom is -0.486 e. The van der Waals surface area contributed by atoms with E-state index in [1.54, 1.807) is 18.2 Å². The van der Waals surface area contributed by atoms with Crippen molar-refractivity contribution < 1.29 is 23.9 Å². The maximum absolute atomic E-state index is 13.8. The van der Waals surface area contributed by atoms with E-state index in [0.717, 1.165) is 62.9 Å². The highest BCUT2D eigenvalue weighted by molar-refractivity contribution is 7.09. The molecule has 2 aromatic rings.